The number of nitrogens with zero attached hydrogens (tertiary/aromatic N) is 2. The van der Waals surface area contributed by atoms with Crippen LogP contribution >= 0.6 is 0 Å². The van der Waals surface area contributed by atoms with Gasteiger partial charge in [0.2, 0.25) is 0 Å². The molecule has 0 radical (unpaired) electrons. The number of ether oxygens (including phenoxy) is 1. The zero-order valence-corrected chi connectivity index (χ0v) is 10.0. The van der Waals surface area contributed by atoms with E-state index in [4.69, 9.17) is 9.84 Å². The largest absolute Gasteiger partial charge is 0.492 e. The van der Waals surface area contributed by atoms with Crippen molar-refractivity contribution in [3.05, 3.63) is 47.8 Å². The summed E-state index contributed by atoms with van der Waals surface area (Å²) in [5, 5.41) is 13.0. The average Bonchev–Trinajstić information content (AvgIpc) is 2.76. The van der Waals surface area contributed by atoms with Crippen molar-refractivity contribution in [3.8, 4) is 5.75 Å². The molecule has 5 heteroatoms. The van der Waals surface area contributed by atoms with Crippen LogP contribution in [0.15, 0.2) is 36.5 Å². The van der Waals surface area contributed by atoms with Crippen molar-refractivity contribution in [3.63, 3.8) is 0 Å². The Bertz CT molecular complexity index is 549. The number of hydrogen-bond acceptors (Lipinski definition) is 3. The van der Waals surface area contributed by atoms with E-state index in [0.717, 1.165) is 5.69 Å². The summed E-state index contributed by atoms with van der Waals surface area (Å²) in [5.74, 6) is -0.400. The van der Waals surface area contributed by atoms with Crippen LogP contribution in [0.25, 0.3) is 0 Å². The van der Waals surface area contributed by atoms with Crippen LogP contribution in [0, 0.1) is 6.92 Å². The molecule has 0 spiro atoms. The highest BCUT2D eigenvalue weighted by Crippen LogP contribution is 2.13. The SMILES string of the molecule is Cc1ccnn1CCOc1cccc(C(=O)O)c1. The lowest BCUT2D eigenvalue weighted by molar-refractivity contribution is 0.0696. The maximum absolute atomic E-state index is 10.8. The van der Waals surface area contributed by atoms with Crippen molar-refractivity contribution in [1.29, 1.82) is 0 Å². The predicted octanol–water partition coefficient (Wildman–Crippen LogP) is 1.97. The highest BCUT2D eigenvalue weighted by molar-refractivity contribution is 5.87. The first-order valence-corrected chi connectivity index (χ1v) is 5.61. The van der Waals surface area contributed by atoms with Gasteiger partial charge in [0.25, 0.3) is 0 Å². The van der Waals surface area contributed by atoms with Crippen LogP contribution in [0.5, 0.6) is 5.75 Å². The first kappa shape index (κ1) is 12.2. The molecule has 0 aliphatic heterocycles. The first-order chi connectivity index (χ1) is 8.66. The smallest absolute Gasteiger partial charge is 0.335 e. The topological polar surface area (TPSA) is 64.4 Å². The molecule has 2 aromatic rings. The molecule has 1 aromatic carbocycles. The monoisotopic (exact) mass is 246 g/mol. The lowest BCUT2D eigenvalue weighted by Gasteiger charge is -2.08. The Labute approximate surface area is 105 Å². The van der Waals surface area contributed by atoms with E-state index in [1.54, 1.807) is 18.3 Å². The highest BCUT2D eigenvalue weighted by atomic mass is 16.5. The molecule has 0 fully saturated rings. The van der Waals surface area contributed by atoms with E-state index >= 15 is 0 Å². The zero-order chi connectivity index (χ0) is 13.0. The van der Waals surface area contributed by atoms with Gasteiger partial charge in [-0.2, -0.15) is 5.10 Å². The molecule has 94 valence electrons. The van der Waals surface area contributed by atoms with E-state index in [9.17, 15) is 4.79 Å². The van der Waals surface area contributed by atoms with Crippen LogP contribution in [0.1, 0.15) is 16.1 Å². The molecular formula is C13H14N2O3. The average molecular weight is 246 g/mol. The third-order valence-electron chi connectivity index (χ3n) is 2.58. The van der Waals surface area contributed by atoms with Gasteiger partial charge in [0, 0.05) is 11.9 Å². The summed E-state index contributed by atoms with van der Waals surface area (Å²) >= 11 is 0. The highest BCUT2D eigenvalue weighted by Gasteiger charge is 2.04. The molecule has 1 N–H and O–H groups in total. The molecule has 0 unspecified atom stereocenters. The number of carboxylic acids is 1. The summed E-state index contributed by atoms with van der Waals surface area (Å²) in [6.07, 6.45) is 1.74. The number of carboxylic acid groups (broad SMARTS) is 1. The Hall–Kier alpha value is -2.30. The zero-order valence-electron chi connectivity index (χ0n) is 10.0. The van der Waals surface area contributed by atoms with E-state index in [1.165, 1.54) is 12.1 Å². The summed E-state index contributed by atoms with van der Waals surface area (Å²) in [6, 6.07) is 8.37. The summed E-state index contributed by atoms with van der Waals surface area (Å²) < 4.78 is 7.34. The van der Waals surface area contributed by atoms with E-state index in [1.807, 2.05) is 17.7 Å². The van der Waals surface area contributed by atoms with Gasteiger partial charge in [-0.3, -0.25) is 4.68 Å². The van der Waals surface area contributed by atoms with Gasteiger partial charge >= 0.3 is 5.97 Å². The van der Waals surface area contributed by atoms with Crippen LogP contribution < -0.4 is 4.74 Å². The minimum atomic E-state index is -0.955. The molecule has 0 bridgehead atoms. The minimum absolute atomic E-state index is 0.225. The summed E-state index contributed by atoms with van der Waals surface area (Å²) in [4.78, 5) is 10.8. The molecule has 0 saturated heterocycles. The minimum Gasteiger partial charge on any atom is -0.492 e. The van der Waals surface area contributed by atoms with Gasteiger partial charge < -0.3 is 9.84 Å². The Kier molecular flexibility index (Phi) is 3.62. The fourth-order valence-electron chi connectivity index (χ4n) is 1.60. The number of hydrogen-bond donors (Lipinski definition) is 1. The molecule has 0 aliphatic rings. The Morgan fingerprint density at radius 2 is 2.28 bits per heavy atom. The first-order valence-electron chi connectivity index (χ1n) is 5.61. The molecule has 18 heavy (non-hydrogen) atoms. The molecule has 0 aliphatic carbocycles. The second-order valence-corrected chi connectivity index (χ2v) is 3.88. The maximum Gasteiger partial charge on any atom is 0.335 e. The molecule has 1 aromatic heterocycles. The van der Waals surface area contributed by atoms with Gasteiger partial charge in [0.05, 0.1) is 12.1 Å². The molecule has 5 nitrogen and oxygen atoms in total. The number of benzene rings is 1. The van der Waals surface area contributed by atoms with Gasteiger partial charge in [-0.15, -0.1) is 0 Å². The van der Waals surface area contributed by atoms with Crippen LogP contribution in [0.3, 0.4) is 0 Å². The van der Waals surface area contributed by atoms with Crippen LogP contribution in [0.2, 0.25) is 0 Å². The number of aromatic nitrogens is 2. The number of aromatic carboxylic acids is 1. The van der Waals surface area contributed by atoms with Crippen molar-refractivity contribution in [1.82, 2.24) is 9.78 Å². The van der Waals surface area contributed by atoms with Crippen molar-refractivity contribution < 1.29 is 14.6 Å². The van der Waals surface area contributed by atoms with Crippen LogP contribution in [-0.4, -0.2) is 27.5 Å². The normalized spacial score (nSPS) is 10.3. The van der Waals surface area contributed by atoms with E-state index in [-0.39, 0.29) is 5.56 Å². The Morgan fingerprint density at radius 3 is 2.94 bits per heavy atom. The number of aryl methyl sites for hydroxylation is 1. The molecule has 0 atom stereocenters. The fourth-order valence-corrected chi connectivity index (χ4v) is 1.60. The third kappa shape index (κ3) is 2.88. The number of rotatable bonds is 5. The van der Waals surface area contributed by atoms with Gasteiger partial charge in [0.1, 0.15) is 12.4 Å². The second-order valence-electron chi connectivity index (χ2n) is 3.88. The number of carbonyl (C=O) groups is 1. The van der Waals surface area contributed by atoms with E-state index in [0.29, 0.717) is 18.9 Å². The predicted molar refractivity (Wildman–Crippen MR) is 65.9 cm³/mol. The second kappa shape index (κ2) is 5.35. The van der Waals surface area contributed by atoms with Gasteiger partial charge in [-0.25, -0.2) is 4.79 Å². The van der Waals surface area contributed by atoms with Crippen LogP contribution in [-0.2, 0) is 6.54 Å². The summed E-state index contributed by atoms with van der Waals surface area (Å²) in [5.41, 5.74) is 1.29. The molecule has 1 heterocycles. The lowest BCUT2D eigenvalue weighted by atomic mass is 10.2. The maximum atomic E-state index is 10.8. The standard InChI is InChI=1S/C13H14N2O3/c1-10-5-6-14-15(10)7-8-18-12-4-2-3-11(9-12)13(16)17/h2-6,9H,7-8H2,1H3,(H,16,17). The third-order valence-corrected chi connectivity index (χ3v) is 2.58. The summed E-state index contributed by atoms with van der Waals surface area (Å²) in [6.45, 7) is 3.06. The lowest BCUT2D eigenvalue weighted by Crippen LogP contribution is -2.10. The fraction of sp³-hybridized carbons (Fsp3) is 0.231. The van der Waals surface area contributed by atoms with E-state index in [2.05, 4.69) is 5.10 Å². The molecule has 0 saturated carbocycles. The molecule has 0 amide bonds. The van der Waals surface area contributed by atoms with Gasteiger partial charge in [0.15, 0.2) is 0 Å². The van der Waals surface area contributed by atoms with Crippen molar-refractivity contribution in [2.45, 2.75) is 13.5 Å². The Morgan fingerprint density at radius 1 is 1.44 bits per heavy atom. The Balaban J connectivity index is 1.92. The quantitative estimate of drug-likeness (QED) is 0.876. The van der Waals surface area contributed by atoms with Crippen molar-refractivity contribution >= 4 is 5.97 Å². The van der Waals surface area contributed by atoms with Crippen molar-refractivity contribution in [2.75, 3.05) is 6.61 Å². The molecular weight excluding hydrogens is 232 g/mol. The van der Waals surface area contributed by atoms with Crippen molar-refractivity contribution in [2.24, 2.45) is 0 Å². The van der Waals surface area contributed by atoms with Crippen LogP contribution in [0.4, 0.5) is 0 Å². The summed E-state index contributed by atoms with van der Waals surface area (Å²) in [7, 11) is 0. The van der Waals surface area contributed by atoms with E-state index < -0.39 is 5.97 Å². The van der Waals surface area contributed by atoms with Gasteiger partial charge in [-0.05, 0) is 31.2 Å². The van der Waals surface area contributed by atoms with Gasteiger partial charge in [-0.1, -0.05) is 6.07 Å². The molecule has 2 rings (SSSR count).